The zero-order chi connectivity index (χ0) is 12.9. The van der Waals surface area contributed by atoms with Crippen LogP contribution in [-0.2, 0) is 5.41 Å². The molecule has 1 heterocycles. The molecule has 2 fully saturated rings. The molecular formula is C13H14BrNO3. The van der Waals surface area contributed by atoms with Gasteiger partial charge >= 0.3 is 6.09 Å². The molecule has 3 unspecified atom stereocenters. The Labute approximate surface area is 113 Å². The number of aliphatic hydroxyl groups is 1. The summed E-state index contributed by atoms with van der Waals surface area (Å²) in [6.07, 6.45) is -0.865. The number of likely N-dealkylation sites (tertiary alicyclic amines) is 1. The molecule has 18 heavy (non-hydrogen) atoms. The maximum absolute atomic E-state index is 11.0. The molecule has 3 atom stereocenters. The summed E-state index contributed by atoms with van der Waals surface area (Å²) in [5.74, 6) is 0.467. The summed E-state index contributed by atoms with van der Waals surface area (Å²) in [7, 11) is 0. The summed E-state index contributed by atoms with van der Waals surface area (Å²) in [4.78, 5) is 12.5. The van der Waals surface area contributed by atoms with Crippen LogP contribution in [0.4, 0.5) is 4.79 Å². The molecule has 2 N–H and O–H groups in total. The Morgan fingerprint density at radius 2 is 2.11 bits per heavy atom. The van der Waals surface area contributed by atoms with Gasteiger partial charge < -0.3 is 15.1 Å². The van der Waals surface area contributed by atoms with E-state index in [9.17, 15) is 9.90 Å². The lowest BCUT2D eigenvalue weighted by Crippen LogP contribution is -2.34. The van der Waals surface area contributed by atoms with Gasteiger partial charge in [-0.2, -0.15) is 0 Å². The van der Waals surface area contributed by atoms with Crippen molar-refractivity contribution in [2.24, 2.45) is 11.8 Å². The second-order valence-electron chi connectivity index (χ2n) is 5.11. The minimum atomic E-state index is -0.865. The minimum absolute atomic E-state index is 0.133. The number of hydrogen-bond donors (Lipinski definition) is 2. The Balaban J connectivity index is 1.93. The lowest BCUT2D eigenvalue weighted by molar-refractivity contribution is 0.142. The molecule has 3 rings (SSSR count). The van der Waals surface area contributed by atoms with Gasteiger partial charge in [0.25, 0.3) is 0 Å². The van der Waals surface area contributed by atoms with Crippen molar-refractivity contribution in [2.75, 3.05) is 19.7 Å². The smallest absolute Gasteiger partial charge is 0.407 e. The fraction of sp³-hybridized carbons (Fsp3) is 0.462. The van der Waals surface area contributed by atoms with Crippen molar-refractivity contribution in [2.45, 2.75) is 5.41 Å². The van der Waals surface area contributed by atoms with Crippen LogP contribution in [0.3, 0.4) is 0 Å². The molecule has 96 valence electrons. The van der Waals surface area contributed by atoms with Gasteiger partial charge in [-0.25, -0.2) is 4.79 Å². The maximum atomic E-state index is 11.0. The molecule has 1 amide bonds. The first-order valence-corrected chi connectivity index (χ1v) is 6.73. The van der Waals surface area contributed by atoms with Gasteiger partial charge in [-0.3, -0.25) is 0 Å². The first kappa shape index (κ1) is 12.0. The molecule has 2 aliphatic rings. The van der Waals surface area contributed by atoms with E-state index in [4.69, 9.17) is 5.11 Å². The summed E-state index contributed by atoms with van der Waals surface area (Å²) in [5.41, 5.74) is 0.979. The number of fused-ring (bicyclic) bond motifs is 1. The predicted octanol–water partition coefficient (Wildman–Crippen LogP) is 1.92. The molecule has 1 aliphatic carbocycles. The molecule has 1 aromatic carbocycles. The lowest BCUT2D eigenvalue weighted by atomic mass is 9.93. The van der Waals surface area contributed by atoms with E-state index in [2.05, 4.69) is 15.9 Å². The fourth-order valence-electron chi connectivity index (χ4n) is 3.46. The third-order valence-electron chi connectivity index (χ3n) is 4.42. The van der Waals surface area contributed by atoms with E-state index in [-0.39, 0.29) is 23.9 Å². The van der Waals surface area contributed by atoms with Crippen molar-refractivity contribution in [3.63, 3.8) is 0 Å². The van der Waals surface area contributed by atoms with E-state index in [0.717, 1.165) is 10.0 Å². The molecule has 1 saturated heterocycles. The average Bonchev–Trinajstić information content (AvgIpc) is 2.77. The number of amides is 1. The molecule has 1 saturated carbocycles. The van der Waals surface area contributed by atoms with Crippen LogP contribution in [-0.4, -0.2) is 40.9 Å². The molecular weight excluding hydrogens is 298 g/mol. The van der Waals surface area contributed by atoms with Gasteiger partial charge in [0.2, 0.25) is 0 Å². The normalized spacial score (nSPS) is 33.3. The third-order valence-corrected chi connectivity index (χ3v) is 4.95. The number of nitrogens with zero attached hydrogens (tertiary/aromatic N) is 1. The van der Waals surface area contributed by atoms with E-state index in [1.807, 2.05) is 24.3 Å². The van der Waals surface area contributed by atoms with E-state index >= 15 is 0 Å². The number of piperidine rings is 1. The van der Waals surface area contributed by atoms with Crippen LogP contribution in [0, 0.1) is 11.8 Å². The molecule has 4 nitrogen and oxygen atoms in total. The van der Waals surface area contributed by atoms with Crippen LogP contribution in [0.2, 0.25) is 0 Å². The van der Waals surface area contributed by atoms with Crippen molar-refractivity contribution in [1.29, 1.82) is 0 Å². The van der Waals surface area contributed by atoms with Gasteiger partial charge in [0.15, 0.2) is 0 Å². The number of carbonyl (C=O) groups is 1. The Kier molecular flexibility index (Phi) is 2.64. The third kappa shape index (κ3) is 1.50. The summed E-state index contributed by atoms with van der Waals surface area (Å²) in [5, 5.41) is 18.5. The van der Waals surface area contributed by atoms with Gasteiger partial charge in [0.05, 0.1) is 0 Å². The van der Waals surface area contributed by atoms with Gasteiger partial charge in [0.1, 0.15) is 0 Å². The zero-order valence-corrected chi connectivity index (χ0v) is 11.3. The van der Waals surface area contributed by atoms with Crippen LogP contribution >= 0.6 is 15.9 Å². The fourth-order valence-corrected chi connectivity index (χ4v) is 3.73. The predicted molar refractivity (Wildman–Crippen MR) is 69.5 cm³/mol. The minimum Gasteiger partial charge on any atom is -0.465 e. The lowest BCUT2D eigenvalue weighted by Gasteiger charge is -2.21. The number of aliphatic hydroxyl groups excluding tert-OH is 1. The summed E-state index contributed by atoms with van der Waals surface area (Å²) >= 11 is 3.40. The highest BCUT2D eigenvalue weighted by Gasteiger charge is 2.69. The first-order valence-electron chi connectivity index (χ1n) is 5.94. The zero-order valence-electron chi connectivity index (χ0n) is 9.71. The SMILES string of the molecule is O=C(O)N1CC2C(CO)C2(c2ccc(Br)cc2)C1. The quantitative estimate of drug-likeness (QED) is 0.877. The number of halogens is 1. The van der Waals surface area contributed by atoms with Gasteiger partial charge in [-0.15, -0.1) is 0 Å². The second-order valence-corrected chi connectivity index (χ2v) is 6.02. The number of carboxylic acid groups (broad SMARTS) is 1. The first-order chi connectivity index (χ1) is 8.59. The van der Waals surface area contributed by atoms with Gasteiger partial charge in [0, 0.05) is 29.6 Å². The molecule has 5 heteroatoms. The van der Waals surface area contributed by atoms with Crippen LogP contribution in [0.25, 0.3) is 0 Å². The highest BCUT2D eigenvalue weighted by atomic mass is 79.9. The van der Waals surface area contributed by atoms with Crippen molar-refractivity contribution < 1.29 is 15.0 Å². The molecule has 0 radical (unpaired) electrons. The molecule has 1 aromatic rings. The number of benzene rings is 1. The largest absolute Gasteiger partial charge is 0.465 e. The topological polar surface area (TPSA) is 60.8 Å². The summed E-state index contributed by atoms with van der Waals surface area (Å²) in [6.45, 7) is 1.17. The average molecular weight is 312 g/mol. The summed E-state index contributed by atoms with van der Waals surface area (Å²) in [6, 6.07) is 7.99. The van der Waals surface area contributed by atoms with Crippen LogP contribution in [0.15, 0.2) is 28.7 Å². The van der Waals surface area contributed by atoms with Gasteiger partial charge in [-0.05, 0) is 29.5 Å². The maximum Gasteiger partial charge on any atom is 0.407 e. The van der Waals surface area contributed by atoms with Crippen LogP contribution in [0.5, 0.6) is 0 Å². The van der Waals surface area contributed by atoms with E-state index < -0.39 is 6.09 Å². The highest BCUT2D eigenvalue weighted by Crippen LogP contribution is 2.63. The number of hydrogen-bond acceptors (Lipinski definition) is 2. The summed E-state index contributed by atoms with van der Waals surface area (Å²) < 4.78 is 1.01. The van der Waals surface area contributed by atoms with E-state index in [1.165, 1.54) is 4.90 Å². The molecule has 0 aromatic heterocycles. The van der Waals surface area contributed by atoms with Crippen molar-refractivity contribution >= 4 is 22.0 Å². The van der Waals surface area contributed by atoms with Crippen LogP contribution in [0.1, 0.15) is 5.56 Å². The number of rotatable bonds is 2. The molecule has 1 aliphatic heterocycles. The van der Waals surface area contributed by atoms with Crippen LogP contribution < -0.4 is 0 Å². The Morgan fingerprint density at radius 3 is 2.67 bits per heavy atom. The van der Waals surface area contributed by atoms with E-state index in [1.54, 1.807) is 0 Å². The van der Waals surface area contributed by atoms with Crippen molar-refractivity contribution in [3.05, 3.63) is 34.3 Å². The van der Waals surface area contributed by atoms with Crippen molar-refractivity contribution in [1.82, 2.24) is 4.90 Å². The van der Waals surface area contributed by atoms with Gasteiger partial charge in [-0.1, -0.05) is 28.1 Å². The monoisotopic (exact) mass is 311 g/mol. The van der Waals surface area contributed by atoms with E-state index in [0.29, 0.717) is 13.1 Å². The standard InChI is InChI=1S/C13H14BrNO3/c14-9-3-1-8(2-4-9)13-7-15(12(17)18)5-10(13)11(13)6-16/h1-4,10-11,16H,5-7H2,(H,17,18). The van der Waals surface area contributed by atoms with Crippen molar-refractivity contribution in [3.8, 4) is 0 Å². The molecule has 0 spiro atoms. The Morgan fingerprint density at radius 1 is 1.44 bits per heavy atom. The highest BCUT2D eigenvalue weighted by molar-refractivity contribution is 9.10. The Hall–Kier alpha value is -1.07. The Bertz CT molecular complexity index is 490. The second kappa shape index (κ2) is 3.96. The molecule has 0 bridgehead atoms.